The molecule has 0 fully saturated rings. The van der Waals surface area contributed by atoms with E-state index in [1.54, 1.807) is 37.3 Å². The van der Waals surface area contributed by atoms with E-state index in [4.69, 9.17) is 9.47 Å². The lowest BCUT2D eigenvalue weighted by Crippen LogP contribution is -2.42. The van der Waals surface area contributed by atoms with Gasteiger partial charge in [0.25, 0.3) is 0 Å². The van der Waals surface area contributed by atoms with Crippen LogP contribution in [0.2, 0.25) is 0 Å². The number of hydrogen-bond donors (Lipinski definition) is 2. The van der Waals surface area contributed by atoms with Crippen LogP contribution in [0.25, 0.3) is 0 Å². The van der Waals surface area contributed by atoms with Gasteiger partial charge in [-0.2, -0.15) is 0 Å². The number of amides is 1. The molecule has 164 valence electrons. The Kier molecular flexibility index (Phi) is 9.08. The van der Waals surface area contributed by atoms with Gasteiger partial charge in [0.2, 0.25) is 11.0 Å². The Morgan fingerprint density at radius 2 is 1.97 bits per heavy atom. The van der Waals surface area contributed by atoms with Gasteiger partial charge in [-0.25, -0.2) is 9.59 Å². The molecule has 31 heavy (non-hydrogen) atoms. The van der Waals surface area contributed by atoms with Gasteiger partial charge < -0.3 is 19.9 Å². The number of esters is 2. The first kappa shape index (κ1) is 23.9. The van der Waals surface area contributed by atoms with E-state index in [-0.39, 0.29) is 35.0 Å². The second-order valence-corrected chi connectivity index (χ2v) is 7.32. The minimum atomic E-state index is -0.996. The lowest BCUT2D eigenvalue weighted by atomic mass is 10.2. The molecule has 1 amide bonds. The number of allylic oxidation sites excluding steroid dienone is 5. The van der Waals surface area contributed by atoms with Gasteiger partial charge >= 0.3 is 11.9 Å². The van der Waals surface area contributed by atoms with Gasteiger partial charge in [-0.05, 0) is 37.6 Å². The second kappa shape index (κ2) is 11.8. The highest BCUT2D eigenvalue weighted by Gasteiger charge is 2.26. The van der Waals surface area contributed by atoms with Crippen LogP contribution in [-0.4, -0.2) is 46.5 Å². The smallest absolute Gasteiger partial charge is 0.347 e. The fourth-order valence-corrected chi connectivity index (χ4v) is 3.43. The van der Waals surface area contributed by atoms with E-state index in [9.17, 15) is 24.3 Å². The molecule has 1 unspecified atom stereocenters. The van der Waals surface area contributed by atoms with Crippen LogP contribution in [0.5, 0.6) is 5.75 Å². The Morgan fingerprint density at radius 3 is 2.65 bits per heavy atom. The quantitative estimate of drug-likeness (QED) is 0.586. The van der Waals surface area contributed by atoms with Crippen molar-refractivity contribution in [1.82, 2.24) is 5.32 Å². The molecule has 0 bridgehead atoms. The summed E-state index contributed by atoms with van der Waals surface area (Å²) in [4.78, 5) is 48.7. The normalized spacial score (nSPS) is 13.9. The summed E-state index contributed by atoms with van der Waals surface area (Å²) in [7, 11) is 0. The number of benzene rings is 1. The fourth-order valence-electron chi connectivity index (χ4n) is 2.57. The summed E-state index contributed by atoms with van der Waals surface area (Å²) >= 11 is 0.788. The predicted molar refractivity (Wildman–Crippen MR) is 115 cm³/mol. The fraction of sp³-hybridized carbons (Fsp3) is 0.273. The summed E-state index contributed by atoms with van der Waals surface area (Å²) in [6, 6.07) is 4.92. The first-order chi connectivity index (χ1) is 14.8. The van der Waals surface area contributed by atoms with Crippen molar-refractivity contribution in [2.45, 2.75) is 26.3 Å². The first-order valence-corrected chi connectivity index (χ1v) is 10.5. The Labute approximate surface area is 184 Å². The molecule has 8 nitrogen and oxygen atoms in total. The standard InChI is InChI=1S/C22H23NO7S/c1-3-29-21(27)17(23-14(2)24)13-31-22(28)16-10-5-4-6-12-19(16)30-20(26)15-9-7-8-11-18(15)25/h4-5,7-12,17,25H,3,6,13H2,1-2H3,(H,23,24). The van der Waals surface area contributed by atoms with E-state index in [1.807, 2.05) is 0 Å². The molecule has 0 aliphatic heterocycles. The lowest BCUT2D eigenvalue weighted by Gasteiger charge is -2.16. The number of aromatic hydroxyl groups is 1. The molecule has 0 saturated carbocycles. The van der Waals surface area contributed by atoms with Crippen molar-refractivity contribution >= 4 is 34.7 Å². The number of nitrogens with one attached hydrogen (secondary N) is 1. The molecule has 9 heteroatoms. The van der Waals surface area contributed by atoms with Crippen LogP contribution in [0.1, 0.15) is 30.6 Å². The summed E-state index contributed by atoms with van der Waals surface area (Å²) in [6.07, 6.45) is 6.93. The molecular weight excluding hydrogens is 422 g/mol. The summed E-state index contributed by atoms with van der Waals surface area (Å²) in [5.74, 6) is -2.13. The number of ether oxygens (including phenoxy) is 2. The molecule has 2 N–H and O–H groups in total. The minimum Gasteiger partial charge on any atom is -0.507 e. The maximum absolute atomic E-state index is 12.8. The van der Waals surface area contributed by atoms with Gasteiger partial charge in [0.05, 0.1) is 12.2 Å². The van der Waals surface area contributed by atoms with E-state index >= 15 is 0 Å². The third-order valence-electron chi connectivity index (χ3n) is 3.98. The predicted octanol–water partition coefficient (Wildman–Crippen LogP) is 2.65. The van der Waals surface area contributed by atoms with Gasteiger partial charge in [0.15, 0.2) is 0 Å². The van der Waals surface area contributed by atoms with Crippen molar-refractivity contribution in [3.63, 3.8) is 0 Å². The van der Waals surface area contributed by atoms with Crippen LogP contribution in [0.15, 0.2) is 59.9 Å². The van der Waals surface area contributed by atoms with Crippen molar-refractivity contribution in [3.8, 4) is 5.75 Å². The zero-order valence-electron chi connectivity index (χ0n) is 17.1. The van der Waals surface area contributed by atoms with Crippen molar-refractivity contribution < 1.29 is 33.8 Å². The average Bonchev–Trinajstić information content (AvgIpc) is 2.96. The number of para-hydroxylation sites is 1. The number of phenolic OH excluding ortho intramolecular Hbond substituents is 1. The molecule has 0 saturated heterocycles. The van der Waals surface area contributed by atoms with E-state index in [1.165, 1.54) is 25.1 Å². The second-order valence-electron chi connectivity index (χ2n) is 6.32. The number of hydrogen-bond acceptors (Lipinski definition) is 8. The zero-order valence-corrected chi connectivity index (χ0v) is 17.9. The summed E-state index contributed by atoms with van der Waals surface area (Å²) < 4.78 is 10.3. The van der Waals surface area contributed by atoms with Crippen LogP contribution in [0, 0.1) is 0 Å². The van der Waals surface area contributed by atoms with Crippen LogP contribution < -0.4 is 5.32 Å². The zero-order chi connectivity index (χ0) is 22.8. The molecule has 2 rings (SSSR count). The van der Waals surface area contributed by atoms with Gasteiger partial charge in [0, 0.05) is 12.7 Å². The van der Waals surface area contributed by atoms with Crippen LogP contribution in [0.4, 0.5) is 0 Å². The van der Waals surface area contributed by atoms with E-state index in [0.717, 1.165) is 11.8 Å². The molecule has 1 aromatic carbocycles. The molecule has 1 aliphatic carbocycles. The molecular formula is C22H23NO7S. The van der Waals surface area contributed by atoms with Gasteiger partial charge in [0.1, 0.15) is 23.1 Å². The molecule has 0 heterocycles. The third kappa shape index (κ3) is 7.14. The highest BCUT2D eigenvalue weighted by Crippen LogP contribution is 2.26. The maximum atomic E-state index is 12.8. The van der Waals surface area contributed by atoms with Gasteiger partial charge in [-0.3, -0.25) is 9.59 Å². The topological polar surface area (TPSA) is 119 Å². The Bertz CT molecular complexity index is 949. The Balaban J connectivity index is 2.13. The number of phenols is 1. The largest absolute Gasteiger partial charge is 0.507 e. The molecule has 1 atom stereocenters. The van der Waals surface area contributed by atoms with E-state index in [0.29, 0.717) is 6.42 Å². The molecule has 0 radical (unpaired) electrons. The van der Waals surface area contributed by atoms with Crippen molar-refractivity contribution in [1.29, 1.82) is 0 Å². The number of thioether (sulfide) groups is 1. The van der Waals surface area contributed by atoms with Crippen molar-refractivity contribution in [3.05, 3.63) is 65.5 Å². The highest BCUT2D eigenvalue weighted by atomic mass is 32.2. The minimum absolute atomic E-state index is 0.0342. The monoisotopic (exact) mass is 445 g/mol. The van der Waals surface area contributed by atoms with E-state index < -0.39 is 29.0 Å². The lowest BCUT2D eigenvalue weighted by molar-refractivity contribution is -0.146. The molecule has 0 spiro atoms. The van der Waals surface area contributed by atoms with Crippen LogP contribution in [0.3, 0.4) is 0 Å². The molecule has 1 aromatic rings. The van der Waals surface area contributed by atoms with E-state index in [2.05, 4.69) is 5.32 Å². The third-order valence-corrected chi connectivity index (χ3v) is 4.96. The summed E-state index contributed by atoms with van der Waals surface area (Å²) in [5, 5.41) is 11.9. The number of carbonyl (C=O) groups is 4. The van der Waals surface area contributed by atoms with Gasteiger partial charge in [-0.15, -0.1) is 0 Å². The van der Waals surface area contributed by atoms with Crippen LogP contribution in [-0.2, 0) is 23.9 Å². The average molecular weight is 445 g/mol. The number of rotatable bonds is 8. The maximum Gasteiger partial charge on any atom is 0.347 e. The van der Waals surface area contributed by atoms with Crippen molar-refractivity contribution in [2.75, 3.05) is 12.4 Å². The SMILES string of the molecule is CCOC(=O)C(CSC(=O)C1=CC=CCC=C1OC(=O)c1ccccc1O)NC(C)=O. The van der Waals surface area contributed by atoms with Gasteiger partial charge in [-0.1, -0.05) is 36.0 Å². The summed E-state index contributed by atoms with van der Waals surface area (Å²) in [6.45, 7) is 3.04. The Morgan fingerprint density at radius 1 is 1.23 bits per heavy atom. The number of carbonyl (C=O) groups excluding carboxylic acids is 4. The summed E-state index contributed by atoms with van der Waals surface area (Å²) in [5.41, 5.74) is 0.0843. The van der Waals surface area contributed by atoms with Crippen LogP contribution >= 0.6 is 11.8 Å². The van der Waals surface area contributed by atoms with Crippen molar-refractivity contribution in [2.24, 2.45) is 0 Å². The Hall–Kier alpha value is -3.33. The molecule has 0 aromatic heterocycles. The molecule has 1 aliphatic rings. The first-order valence-electron chi connectivity index (χ1n) is 9.51. The highest BCUT2D eigenvalue weighted by molar-refractivity contribution is 8.14.